The van der Waals surface area contributed by atoms with Gasteiger partial charge in [-0.05, 0) is 36.2 Å². The zero-order valence-corrected chi connectivity index (χ0v) is 15.0. The van der Waals surface area contributed by atoms with Crippen LogP contribution in [0.1, 0.15) is 27.5 Å². The van der Waals surface area contributed by atoms with Crippen molar-refractivity contribution in [1.29, 1.82) is 0 Å². The van der Waals surface area contributed by atoms with E-state index < -0.39 is 35.0 Å². The summed E-state index contributed by atoms with van der Waals surface area (Å²) in [4.78, 5) is 41.5. The molecule has 0 radical (unpaired) electrons. The number of carbonyl (C=O) groups is 2. The third-order valence-electron chi connectivity index (χ3n) is 4.16. The van der Waals surface area contributed by atoms with E-state index in [0.717, 1.165) is 23.9 Å². The summed E-state index contributed by atoms with van der Waals surface area (Å²) in [5.41, 5.74) is 0.262. The number of carbonyl (C=O) groups excluding carboxylic acids is 2. The van der Waals surface area contributed by atoms with Gasteiger partial charge in [-0.2, -0.15) is 0 Å². The molecule has 0 aliphatic rings. The van der Waals surface area contributed by atoms with Gasteiger partial charge in [-0.3, -0.25) is 18.8 Å². The number of amides is 2. The molecule has 2 amide bonds. The van der Waals surface area contributed by atoms with Crippen LogP contribution in [-0.2, 0) is 4.79 Å². The lowest BCUT2D eigenvalue weighted by Gasteiger charge is -2.18. The third kappa shape index (κ3) is 3.59. The fourth-order valence-corrected chi connectivity index (χ4v) is 2.68. The largest absolute Gasteiger partial charge is 0.357 e. The molecule has 1 atom stereocenters. The number of likely N-dealkylation sites (N-methyl/N-ethyl adjacent to an activating group) is 1. The molecular formula is C19H16F2N4O3. The minimum atomic E-state index is -1.33. The van der Waals surface area contributed by atoms with Crippen molar-refractivity contribution in [3.05, 3.63) is 81.4 Å². The Morgan fingerprint density at radius 2 is 1.89 bits per heavy atom. The number of aryl methyl sites for hydroxylation is 1. The standard InChI is InChI=1S/C19H16F2N4O3/c1-10-3-6-15-23-8-12(19(28)25(15)9-10)17(26)24-16(18(27)22-2)11-4-5-13(20)14(21)7-11/h3-9,16H,1-2H3,(H,22,27)(H,24,26). The van der Waals surface area contributed by atoms with Crippen LogP contribution in [0.3, 0.4) is 0 Å². The first kappa shape index (κ1) is 19.2. The number of nitrogens with one attached hydrogen (secondary N) is 2. The molecule has 0 aliphatic carbocycles. The maximum atomic E-state index is 13.6. The van der Waals surface area contributed by atoms with E-state index in [2.05, 4.69) is 15.6 Å². The Hall–Kier alpha value is -3.62. The van der Waals surface area contributed by atoms with E-state index in [1.807, 2.05) is 0 Å². The fourth-order valence-electron chi connectivity index (χ4n) is 2.68. The maximum Gasteiger partial charge on any atom is 0.270 e. The molecule has 0 bridgehead atoms. The van der Waals surface area contributed by atoms with Crippen molar-refractivity contribution >= 4 is 17.5 Å². The SMILES string of the molecule is CNC(=O)C(NC(=O)c1cnc2ccc(C)cn2c1=O)c1ccc(F)c(F)c1. The van der Waals surface area contributed by atoms with Crippen LogP contribution in [0, 0.1) is 18.6 Å². The Morgan fingerprint density at radius 3 is 2.57 bits per heavy atom. The fraction of sp³-hybridized carbons (Fsp3) is 0.158. The van der Waals surface area contributed by atoms with Gasteiger partial charge in [0.15, 0.2) is 11.6 Å². The first-order chi connectivity index (χ1) is 13.3. The second-order valence-corrected chi connectivity index (χ2v) is 6.11. The molecule has 1 aromatic carbocycles. The second-order valence-electron chi connectivity index (χ2n) is 6.11. The van der Waals surface area contributed by atoms with Crippen LogP contribution in [0.25, 0.3) is 5.65 Å². The average molecular weight is 386 g/mol. The van der Waals surface area contributed by atoms with Gasteiger partial charge in [-0.25, -0.2) is 13.8 Å². The summed E-state index contributed by atoms with van der Waals surface area (Å²) in [5, 5.41) is 4.71. The van der Waals surface area contributed by atoms with Crippen molar-refractivity contribution in [2.45, 2.75) is 13.0 Å². The zero-order chi connectivity index (χ0) is 20.4. The number of rotatable bonds is 4. The molecule has 3 aromatic rings. The van der Waals surface area contributed by atoms with Crippen LogP contribution < -0.4 is 16.2 Å². The van der Waals surface area contributed by atoms with Crippen LogP contribution >= 0.6 is 0 Å². The summed E-state index contributed by atoms with van der Waals surface area (Å²) in [6.07, 6.45) is 2.64. The first-order valence-corrected chi connectivity index (χ1v) is 8.27. The number of aromatic nitrogens is 2. The van der Waals surface area contributed by atoms with E-state index in [4.69, 9.17) is 0 Å². The minimum Gasteiger partial charge on any atom is -0.357 e. The number of benzene rings is 1. The number of hydrogen-bond donors (Lipinski definition) is 2. The second kappa shape index (κ2) is 7.55. The average Bonchev–Trinajstić information content (AvgIpc) is 2.68. The van der Waals surface area contributed by atoms with Crippen LogP contribution in [0.5, 0.6) is 0 Å². The summed E-state index contributed by atoms with van der Waals surface area (Å²) < 4.78 is 28.0. The van der Waals surface area contributed by atoms with E-state index in [1.165, 1.54) is 23.7 Å². The lowest BCUT2D eigenvalue weighted by molar-refractivity contribution is -0.122. The summed E-state index contributed by atoms with van der Waals surface area (Å²) in [6, 6.07) is 4.91. The van der Waals surface area contributed by atoms with Crippen molar-refractivity contribution < 1.29 is 18.4 Å². The predicted molar refractivity (Wildman–Crippen MR) is 96.8 cm³/mol. The molecule has 0 aliphatic heterocycles. The van der Waals surface area contributed by atoms with Gasteiger partial charge >= 0.3 is 0 Å². The van der Waals surface area contributed by atoms with E-state index >= 15 is 0 Å². The molecule has 144 valence electrons. The van der Waals surface area contributed by atoms with Crippen molar-refractivity contribution in [2.24, 2.45) is 0 Å². The molecule has 9 heteroatoms. The number of fused-ring (bicyclic) bond motifs is 1. The van der Waals surface area contributed by atoms with Gasteiger partial charge < -0.3 is 10.6 Å². The van der Waals surface area contributed by atoms with Crippen LogP contribution in [0.4, 0.5) is 8.78 Å². The molecule has 0 saturated heterocycles. The van der Waals surface area contributed by atoms with Crippen LogP contribution in [-0.4, -0.2) is 28.2 Å². The molecular weight excluding hydrogens is 370 g/mol. The lowest BCUT2D eigenvalue weighted by atomic mass is 10.1. The Kier molecular flexibility index (Phi) is 5.16. The van der Waals surface area contributed by atoms with E-state index in [1.54, 1.807) is 19.1 Å². The van der Waals surface area contributed by atoms with E-state index in [9.17, 15) is 23.2 Å². The molecule has 2 aromatic heterocycles. The Balaban J connectivity index is 1.99. The smallest absolute Gasteiger partial charge is 0.270 e. The van der Waals surface area contributed by atoms with Gasteiger partial charge in [-0.1, -0.05) is 12.1 Å². The maximum absolute atomic E-state index is 13.6. The Morgan fingerprint density at radius 1 is 1.14 bits per heavy atom. The van der Waals surface area contributed by atoms with Gasteiger partial charge in [0.2, 0.25) is 5.91 Å². The molecule has 1 unspecified atom stereocenters. The van der Waals surface area contributed by atoms with Crippen LogP contribution in [0.15, 0.2) is 47.5 Å². The molecule has 7 nitrogen and oxygen atoms in total. The van der Waals surface area contributed by atoms with Crippen molar-refractivity contribution in [1.82, 2.24) is 20.0 Å². The summed E-state index contributed by atoms with van der Waals surface area (Å²) in [7, 11) is 1.33. The highest BCUT2D eigenvalue weighted by Gasteiger charge is 2.25. The summed E-state index contributed by atoms with van der Waals surface area (Å²) in [5.74, 6) is -3.78. The Bertz CT molecular complexity index is 1140. The molecule has 2 heterocycles. The number of nitrogens with zero attached hydrogens (tertiary/aromatic N) is 2. The molecule has 2 N–H and O–H groups in total. The highest BCUT2D eigenvalue weighted by Crippen LogP contribution is 2.17. The van der Waals surface area contributed by atoms with Crippen molar-refractivity contribution in [2.75, 3.05) is 7.05 Å². The normalized spacial score (nSPS) is 11.9. The van der Waals surface area contributed by atoms with Gasteiger partial charge in [0.1, 0.15) is 17.3 Å². The van der Waals surface area contributed by atoms with Gasteiger partial charge in [0.25, 0.3) is 11.5 Å². The zero-order valence-electron chi connectivity index (χ0n) is 15.0. The first-order valence-electron chi connectivity index (χ1n) is 8.27. The number of pyridine rings is 1. The topological polar surface area (TPSA) is 92.6 Å². The molecule has 28 heavy (non-hydrogen) atoms. The van der Waals surface area contributed by atoms with Crippen molar-refractivity contribution in [3.63, 3.8) is 0 Å². The third-order valence-corrected chi connectivity index (χ3v) is 4.16. The highest BCUT2D eigenvalue weighted by molar-refractivity contribution is 5.97. The number of halogens is 2. The lowest BCUT2D eigenvalue weighted by Crippen LogP contribution is -2.41. The van der Waals surface area contributed by atoms with Crippen molar-refractivity contribution in [3.8, 4) is 0 Å². The summed E-state index contributed by atoms with van der Waals surface area (Å²) in [6.45, 7) is 1.78. The number of hydrogen-bond acceptors (Lipinski definition) is 4. The monoisotopic (exact) mass is 386 g/mol. The Labute approximate surface area is 158 Å². The van der Waals surface area contributed by atoms with E-state index in [0.29, 0.717) is 5.65 Å². The van der Waals surface area contributed by atoms with E-state index in [-0.39, 0.29) is 11.1 Å². The quantitative estimate of drug-likeness (QED) is 0.711. The predicted octanol–water partition coefficient (Wildman–Crippen LogP) is 1.50. The molecule has 0 spiro atoms. The summed E-state index contributed by atoms with van der Waals surface area (Å²) >= 11 is 0. The molecule has 3 rings (SSSR count). The molecule has 0 saturated carbocycles. The molecule has 0 fully saturated rings. The van der Waals surface area contributed by atoms with Gasteiger partial charge in [-0.15, -0.1) is 0 Å². The van der Waals surface area contributed by atoms with Gasteiger partial charge in [0.05, 0.1) is 0 Å². The highest BCUT2D eigenvalue weighted by atomic mass is 19.2. The van der Waals surface area contributed by atoms with Gasteiger partial charge in [0, 0.05) is 19.4 Å². The van der Waals surface area contributed by atoms with Crippen LogP contribution in [0.2, 0.25) is 0 Å². The minimum absolute atomic E-state index is 0.0243.